The van der Waals surface area contributed by atoms with E-state index < -0.39 is 22.7 Å². The van der Waals surface area contributed by atoms with Gasteiger partial charge in [-0.15, -0.1) is 6.58 Å². The zero-order valence-corrected chi connectivity index (χ0v) is 13.1. The van der Waals surface area contributed by atoms with E-state index in [2.05, 4.69) is 22.2 Å². The third kappa shape index (κ3) is 4.48. The van der Waals surface area contributed by atoms with Gasteiger partial charge >= 0.3 is 6.18 Å². The lowest BCUT2D eigenvalue weighted by atomic mass is 10.1. The molecule has 1 heterocycles. The van der Waals surface area contributed by atoms with Crippen LogP contribution in [0.2, 0.25) is 5.02 Å². The van der Waals surface area contributed by atoms with E-state index in [0.717, 1.165) is 12.1 Å². The Morgan fingerprint density at radius 1 is 1.29 bits per heavy atom. The van der Waals surface area contributed by atoms with Crippen molar-refractivity contribution in [1.29, 1.82) is 0 Å². The molecule has 1 aromatic carbocycles. The summed E-state index contributed by atoms with van der Waals surface area (Å²) in [5, 5.41) is 4.89. The van der Waals surface area contributed by atoms with Gasteiger partial charge in [0, 0.05) is 24.0 Å². The lowest BCUT2D eigenvalue weighted by Crippen LogP contribution is -2.14. The van der Waals surface area contributed by atoms with Crippen molar-refractivity contribution < 1.29 is 18.0 Å². The summed E-state index contributed by atoms with van der Waals surface area (Å²) in [5.74, 6) is -0.107. The molecule has 0 spiro atoms. The Labute approximate surface area is 141 Å². The standard InChI is InChI=1S/C16H13ClF3N3O/c1-2-6-21-14-8-10(5-7-22-14)15(24)23-11-3-4-13(17)12(9-11)16(18,19)20/h2-5,7-9H,1,6H2,(H,21,22)(H,23,24). The van der Waals surface area contributed by atoms with Gasteiger partial charge in [-0.3, -0.25) is 4.79 Å². The van der Waals surface area contributed by atoms with Gasteiger partial charge in [-0.1, -0.05) is 17.7 Å². The third-order valence-corrected chi connectivity index (χ3v) is 3.31. The summed E-state index contributed by atoms with van der Waals surface area (Å²) < 4.78 is 38.5. The monoisotopic (exact) mass is 355 g/mol. The fourth-order valence-corrected chi connectivity index (χ4v) is 2.09. The highest BCUT2D eigenvalue weighted by molar-refractivity contribution is 6.31. The highest BCUT2D eigenvalue weighted by Gasteiger charge is 2.33. The van der Waals surface area contributed by atoms with E-state index in [-0.39, 0.29) is 11.3 Å². The molecule has 4 nitrogen and oxygen atoms in total. The lowest BCUT2D eigenvalue weighted by molar-refractivity contribution is -0.137. The Balaban J connectivity index is 2.19. The van der Waals surface area contributed by atoms with Crippen molar-refractivity contribution in [3.05, 3.63) is 65.3 Å². The second-order valence-corrected chi connectivity index (χ2v) is 5.15. The van der Waals surface area contributed by atoms with Crippen molar-refractivity contribution in [2.45, 2.75) is 6.18 Å². The number of nitrogens with one attached hydrogen (secondary N) is 2. The Bertz CT molecular complexity index is 762. The van der Waals surface area contributed by atoms with E-state index >= 15 is 0 Å². The molecule has 1 amide bonds. The highest BCUT2D eigenvalue weighted by atomic mass is 35.5. The number of benzene rings is 1. The molecule has 8 heteroatoms. The SMILES string of the molecule is C=CCNc1cc(C(=O)Nc2ccc(Cl)c(C(F)(F)F)c2)ccn1. The van der Waals surface area contributed by atoms with Crippen LogP contribution in [0.3, 0.4) is 0 Å². The van der Waals surface area contributed by atoms with Gasteiger partial charge in [-0.05, 0) is 30.3 Å². The highest BCUT2D eigenvalue weighted by Crippen LogP contribution is 2.36. The molecule has 1 aromatic heterocycles. The van der Waals surface area contributed by atoms with Crippen LogP contribution in [0, 0.1) is 0 Å². The molecule has 0 saturated carbocycles. The van der Waals surface area contributed by atoms with Crippen LogP contribution in [0.25, 0.3) is 0 Å². The van der Waals surface area contributed by atoms with Crippen molar-refractivity contribution >= 4 is 29.0 Å². The van der Waals surface area contributed by atoms with Crippen LogP contribution < -0.4 is 10.6 Å². The first-order chi connectivity index (χ1) is 11.3. The van der Waals surface area contributed by atoms with E-state index in [1.807, 2.05) is 0 Å². The molecule has 0 unspecified atom stereocenters. The number of halogens is 4. The summed E-state index contributed by atoms with van der Waals surface area (Å²) in [4.78, 5) is 16.2. The van der Waals surface area contributed by atoms with Crippen LogP contribution in [-0.2, 0) is 6.18 Å². The zero-order chi connectivity index (χ0) is 17.7. The summed E-state index contributed by atoms with van der Waals surface area (Å²) in [6.45, 7) is 4.01. The topological polar surface area (TPSA) is 54.0 Å². The Morgan fingerprint density at radius 2 is 2.04 bits per heavy atom. The second kappa shape index (κ2) is 7.35. The normalized spacial score (nSPS) is 11.0. The Hall–Kier alpha value is -2.54. The number of hydrogen-bond acceptors (Lipinski definition) is 3. The molecule has 0 fully saturated rings. The van der Waals surface area contributed by atoms with Crippen molar-refractivity contribution in [1.82, 2.24) is 4.98 Å². The van der Waals surface area contributed by atoms with Crippen LogP contribution >= 0.6 is 11.6 Å². The van der Waals surface area contributed by atoms with E-state index in [1.54, 1.807) is 6.08 Å². The number of carbonyl (C=O) groups excluding carboxylic acids is 1. The molecular weight excluding hydrogens is 343 g/mol. The number of nitrogens with zero attached hydrogens (tertiary/aromatic N) is 1. The molecule has 0 aliphatic rings. The maximum atomic E-state index is 12.8. The molecule has 2 rings (SSSR count). The summed E-state index contributed by atoms with van der Waals surface area (Å²) in [6.07, 6.45) is -1.56. The van der Waals surface area contributed by atoms with E-state index in [9.17, 15) is 18.0 Å². The quantitative estimate of drug-likeness (QED) is 0.770. The average molecular weight is 356 g/mol. The predicted molar refractivity (Wildman–Crippen MR) is 87.3 cm³/mol. The van der Waals surface area contributed by atoms with Crippen LogP contribution in [0.4, 0.5) is 24.7 Å². The van der Waals surface area contributed by atoms with Gasteiger partial charge in [-0.25, -0.2) is 4.98 Å². The van der Waals surface area contributed by atoms with Crippen molar-refractivity contribution in [2.75, 3.05) is 17.2 Å². The molecule has 24 heavy (non-hydrogen) atoms. The molecule has 0 aliphatic heterocycles. The largest absolute Gasteiger partial charge is 0.417 e. The van der Waals surface area contributed by atoms with E-state index in [0.29, 0.717) is 12.4 Å². The number of carbonyl (C=O) groups is 1. The summed E-state index contributed by atoms with van der Waals surface area (Å²) in [5.41, 5.74) is -0.765. The van der Waals surface area contributed by atoms with Crippen molar-refractivity contribution in [2.24, 2.45) is 0 Å². The predicted octanol–water partition coefficient (Wildman–Crippen LogP) is 4.60. The number of amides is 1. The first-order valence-corrected chi connectivity index (χ1v) is 7.18. The van der Waals surface area contributed by atoms with Gasteiger partial charge in [0.25, 0.3) is 5.91 Å². The maximum absolute atomic E-state index is 12.8. The van der Waals surface area contributed by atoms with Gasteiger partial charge in [0.2, 0.25) is 0 Å². The molecule has 126 valence electrons. The Kier molecular flexibility index (Phi) is 5.46. The number of anilines is 2. The average Bonchev–Trinajstić information content (AvgIpc) is 2.54. The van der Waals surface area contributed by atoms with Gasteiger partial charge in [0.05, 0.1) is 10.6 Å². The fraction of sp³-hybridized carbons (Fsp3) is 0.125. The first-order valence-electron chi connectivity index (χ1n) is 6.80. The minimum Gasteiger partial charge on any atom is -0.367 e. The molecule has 0 atom stereocenters. The minimum atomic E-state index is -4.60. The van der Waals surface area contributed by atoms with Gasteiger partial charge in [0.15, 0.2) is 0 Å². The van der Waals surface area contributed by atoms with Crippen molar-refractivity contribution in [3.8, 4) is 0 Å². The number of aromatic nitrogens is 1. The molecule has 0 saturated heterocycles. The van der Waals surface area contributed by atoms with Crippen LogP contribution in [0.5, 0.6) is 0 Å². The number of hydrogen-bond donors (Lipinski definition) is 2. The number of alkyl halides is 3. The van der Waals surface area contributed by atoms with Gasteiger partial charge in [-0.2, -0.15) is 13.2 Å². The number of rotatable bonds is 5. The minimum absolute atomic E-state index is 0.00543. The van der Waals surface area contributed by atoms with E-state index in [1.165, 1.54) is 24.4 Å². The molecule has 2 N–H and O–H groups in total. The van der Waals surface area contributed by atoms with E-state index in [4.69, 9.17) is 11.6 Å². The molecule has 2 aromatic rings. The van der Waals surface area contributed by atoms with Crippen molar-refractivity contribution in [3.63, 3.8) is 0 Å². The fourth-order valence-electron chi connectivity index (χ4n) is 1.87. The lowest BCUT2D eigenvalue weighted by Gasteiger charge is -2.12. The second-order valence-electron chi connectivity index (χ2n) is 4.75. The molecule has 0 radical (unpaired) electrons. The van der Waals surface area contributed by atoms with Crippen LogP contribution in [-0.4, -0.2) is 17.4 Å². The summed E-state index contributed by atoms with van der Waals surface area (Å²) >= 11 is 5.55. The third-order valence-electron chi connectivity index (χ3n) is 2.98. The molecule has 0 aliphatic carbocycles. The molecular formula is C16H13ClF3N3O. The first kappa shape index (κ1) is 17.8. The maximum Gasteiger partial charge on any atom is 0.417 e. The van der Waals surface area contributed by atoms with Crippen LogP contribution in [0.1, 0.15) is 15.9 Å². The van der Waals surface area contributed by atoms with Crippen LogP contribution in [0.15, 0.2) is 49.2 Å². The van der Waals surface area contributed by atoms with Gasteiger partial charge < -0.3 is 10.6 Å². The Morgan fingerprint density at radius 3 is 2.71 bits per heavy atom. The zero-order valence-electron chi connectivity index (χ0n) is 12.3. The summed E-state index contributed by atoms with van der Waals surface area (Å²) in [6, 6.07) is 6.11. The smallest absolute Gasteiger partial charge is 0.367 e. The molecule has 0 bridgehead atoms. The van der Waals surface area contributed by atoms with Gasteiger partial charge in [0.1, 0.15) is 5.82 Å². The summed E-state index contributed by atoms with van der Waals surface area (Å²) in [7, 11) is 0. The number of pyridine rings is 1.